The van der Waals surface area contributed by atoms with Gasteiger partial charge in [0.15, 0.2) is 5.78 Å². The first kappa shape index (κ1) is 10.2. The maximum Gasteiger partial charge on any atom is 0.184 e. The molecule has 1 fully saturated rings. The van der Waals surface area contributed by atoms with Gasteiger partial charge in [-0.25, -0.2) is 4.39 Å². The van der Waals surface area contributed by atoms with Crippen LogP contribution < -0.4 is 5.73 Å². The summed E-state index contributed by atoms with van der Waals surface area (Å²) in [6.45, 7) is 0. The molecule has 0 radical (unpaired) electrons. The third kappa shape index (κ3) is 1.90. The lowest BCUT2D eigenvalue weighted by atomic mass is 9.89. The predicted octanol–water partition coefficient (Wildman–Crippen LogP) is 1.67. The molecule has 0 amide bonds. The van der Waals surface area contributed by atoms with Gasteiger partial charge in [-0.05, 0) is 18.9 Å². The van der Waals surface area contributed by atoms with E-state index in [2.05, 4.69) is 4.98 Å². The van der Waals surface area contributed by atoms with Crippen molar-refractivity contribution in [3.8, 4) is 0 Å². The second-order valence-electron chi connectivity index (χ2n) is 4.08. The molecule has 0 spiro atoms. The Balaban J connectivity index is 2.27. The van der Waals surface area contributed by atoms with Crippen LogP contribution in [0.2, 0.25) is 0 Å². The molecule has 1 aromatic heterocycles. The Morgan fingerprint density at radius 1 is 1.40 bits per heavy atom. The number of hydrogen-bond acceptors (Lipinski definition) is 3. The Hall–Kier alpha value is -1.29. The molecular weight excluding hydrogens is 195 g/mol. The lowest BCUT2D eigenvalue weighted by Gasteiger charge is -2.21. The first-order chi connectivity index (χ1) is 7.12. The standard InChI is InChI=1S/C11H13FN2O/c12-9-5-8(6-14-7-9)10(15)11(13)3-1-2-4-11/h5-7H,1-4,13H2. The lowest BCUT2D eigenvalue weighted by molar-refractivity contribution is 0.0891. The van der Waals surface area contributed by atoms with Crippen LogP contribution in [0.25, 0.3) is 0 Å². The molecular formula is C11H13FN2O. The maximum absolute atomic E-state index is 12.9. The number of aromatic nitrogens is 1. The van der Waals surface area contributed by atoms with Crippen molar-refractivity contribution in [2.45, 2.75) is 31.2 Å². The normalized spacial score (nSPS) is 19.1. The zero-order valence-corrected chi connectivity index (χ0v) is 8.37. The van der Waals surface area contributed by atoms with Gasteiger partial charge in [-0.15, -0.1) is 0 Å². The number of carbonyl (C=O) groups is 1. The average Bonchev–Trinajstić information content (AvgIpc) is 2.65. The minimum atomic E-state index is -0.796. The van der Waals surface area contributed by atoms with Crippen LogP contribution in [0.5, 0.6) is 0 Å². The molecule has 2 N–H and O–H groups in total. The van der Waals surface area contributed by atoms with Gasteiger partial charge in [-0.1, -0.05) is 12.8 Å². The van der Waals surface area contributed by atoms with E-state index in [0.717, 1.165) is 19.0 Å². The van der Waals surface area contributed by atoms with Gasteiger partial charge in [0.25, 0.3) is 0 Å². The third-order valence-electron chi connectivity index (χ3n) is 2.92. The molecule has 15 heavy (non-hydrogen) atoms. The minimum absolute atomic E-state index is 0.188. The van der Waals surface area contributed by atoms with Crippen LogP contribution in [0.1, 0.15) is 36.0 Å². The van der Waals surface area contributed by atoms with E-state index in [1.807, 2.05) is 0 Å². The molecule has 3 nitrogen and oxygen atoms in total. The van der Waals surface area contributed by atoms with Crippen LogP contribution >= 0.6 is 0 Å². The third-order valence-corrected chi connectivity index (χ3v) is 2.92. The molecule has 1 heterocycles. The van der Waals surface area contributed by atoms with Gasteiger partial charge in [-0.2, -0.15) is 0 Å². The number of nitrogens with two attached hydrogens (primary N) is 1. The van der Waals surface area contributed by atoms with Crippen molar-refractivity contribution in [2.24, 2.45) is 5.73 Å². The quantitative estimate of drug-likeness (QED) is 0.752. The zero-order chi connectivity index (χ0) is 10.9. The number of pyridine rings is 1. The summed E-state index contributed by atoms with van der Waals surface area (Å²) in [6.07, 6.45) is 5.74. The summed E-state index contributed by atoms with van der Waals surface area (Å²) in [6, 6.07) is 1.20. The highest BCUT2D eigenvalue weighted by Crippen LogP contribution is 2.30. The van der Waals surface area contributed by atoms with Gasteiger partial charge >= 0.3 is 0 Å². The summed E-state index contributed by atoms with van der Waals surface area (Å²) in [5, 5.41) is 0. The Labute approximate surface area is 87.5 Å². The van der Waals surface area contributed by atoms with Gasteiger partial charge in [0.2, 0.25) is 0 Å². The molecule has 2 rings (SSSR count). The van der Waals surface area contributed by atoms with Crippen molar-refractivity contribution in [3.05, 3.63) is 29.8 Å². The fourth-order valence-corrected chi connectivity index (χ4v) is 2.06. The summed E-state index contributed by atoms with van der Waals surface area (Å²) in [5.74, 6) is -0.686. The number of Topliss-reactive ketones (excluding diaryl/α,β-unsaturated/α-hetero) is 1. The second kappa shape index (κ2) is 3.70. The molecule has 0 atom stereocenters. The van der Waals surface area contributed by atoms with Crippen molar-refractivity contribution < 1.29 is 9.18 Å². The van der Waals surface area contributed by atoms with Gasteiger partial charge in [-0.3, -0.25) is 9.78 Å². The van der Waals surface area contributed by atoms with Crippen LogP contribution in [0.3, 0.4) is 0 Å². The van der Waals surface area contributed by atoms with Crippen LogP contribution in [0.4, 0.5) is 4.39 Å². The predicted molar refractivity (Wildman–Crippen MR) is 53.9 cm³/mol. The van der Waals surface area contributed by atoms with E-state index in [-0.39, 0.29) is 11.3 Å². The van der Waals surface area contributed by atoms with Crippen molar-refractivity contribution in [1.29, 1.82) is 0 Å². The number of ketones is 1. The van der Waals surface area contributed by atoms with E-state index < -0.39 is 11.4 Å². The molecule has 0 aromatic carbocycles. The van der Waals surface area contributed by atoms with Crippen LogP contribution in [-0.4, -0.2) is 16.3 Å². The monoisotopic (exact) mass is 208 g/mol. The molecule has 80 valence electrons. The van der Waals surface area contributed by atoms with Crippen molar-refractivity contribution in [2.75, 3.05) is 0 Å². The molecule has 0 saturated heterocycles. The molecule has 1 aromatic rings. The fourth-order valence-electron chi connectivity index (χ4n) is 2.06. The Morgan fingerprint density at radius 2 is 2.07 bits per heavy atom. The SMILES string of the molecule is NC1(C(=O)c2cncc(F)c2)CCCC1. The Bertz CT molecular complexity index is 386. The topological polar surface area (TPSA) is 56.0 Å². The lowest BCUT2D eigenvalue weighted by Crippen LogP contribution is -2.45. The fraction of sp³-hybridized carbons (Fsp3) is 0.455. The highest BCUT2D eigenvalue weighted by molar-refractivity contribution is 6.03. The first-order valence-corrected chi connectivity index (χ1v) is 5.06. The van der Waals surface area contributed by atoms with Gasteiger partial charge in [0, 0.05) is 11.8 Å². The number of nitrogens with zero attached hydrogens (tertiary/aromatic N) is 1. The van der Waals surface area contributed by atoms with Crippen LogP contribution in [0.15, 0.2) is 18.5 Å². The molecule has 4 heteroatoms. The molecule has 0 bridgehead atoms. The van der Waals surface area contributed by atoms with E-state index in [4.69, 9.17) is 5.73 Å². The van der Waals surface area contributed by atoms with Crippen molar-refractivity contribution in [3.63, 3.8) is 0 Å². The molecule has 1 aliphatic carbocycles. The van der Waals surface area contributed by atoms with E-state index in [1.165, 1.54) is 12.3 Å². The van der Waals surface area contributed by atoms with E-state index in [9.17, 15) is 9.18 Å². The number of halogens is 1. The molecule has 1 aliphatic rings. The molecule has 1 saturated carbocycles. The van der Waals surface area contributed by atoms with Gasteiger partial charge < -0.3 is 5.73 Å². The summed E-state index contributed by atoms with van der Waals surface area (Å²) < 4.78 is 12.9. The average molecular weight is 208 g/mol. The summed E-state index contributed by atoms with van der Waals surface area (Å²) in [5.41, 5.74) is 5.47. The first-order valence-electron chi connectivity index (χ1n) is 5.06. The van der Waals surface area contributed by atoms with Crippen LogP contribution in [-0.2, 0) is 0 Å². The van der Waals surface area contributed by atoms with Crippen molar-refractivity contribution >= 4 is 5.78 Å². The Kier molecular flexibility index (Phi) is 2.52. The maximum atomic E-state index is 12.9. The van der Waals surface area contributed by atoms with E-state index >= 15 is 0 Å². The van der Waals surface area contributed by atoms with E-state index in [0.29, 0.717) is 12.8 Å². The second-order valence-corrected chi connectivity index (χ2v) is 4.08. The van der Waals surface area contributed by atoms with Crippen LogP contribution in [0, 0.1) is 5.82 Å². The highest BCUT2D eigenvalue weighted by atomic mass is 19.1. The molecule has 0 aliphatic heterocycles. The van der Waals surface area contributed by atoms with E-state index in [1.54, 1.807) is 0 Å². The highest BCUT2D eigenvalue weighted by Gasteiger charge is 2.37. The molecule has 0 unspecified atom stereocenters. The largest absolute Gasteiger partial charge is 0.319 e. The number of hydrogen-bond donors (Lipinski definition) is 1. The van der Waals surface area contributed by atoms with Gasteiger partial charge in [0.05, 0.1) is 11.7 Å². The smallest absolute Gasteiger partial charge is 0.184 e. The summed E-state index contributed by atoms with van der Waals surface area (Å²) in [7, 11) is 0. The van der Waals surface area contributed by atoms with Crippen molar-refractivity contribution in [1.82, 2.24) is 4.98 Å². The number of carbonyl (C=O) groups excluding carboxylic acids is 1. The summed E-state index contributed by atoms with van der Waals surface area (Å²) in [4.78, 5) is 15.6. The minimum Gasteiger partial charge on any atom is -0.319 e. The Morgan fingerprint density at radius 3 is 2.67 bits per heavy atom. The summed E-state index contributed by atoms with van der Waals surface area (Å²) >= 11 is 0. The zero-order valence-electron chi connectivity index (χ0n) is 8.37. The van der Waals surface area contributed by atoms with Gasteiger partial charge in [0.1, 0.15) is 5.82 Å². The number of rotatable bonds is 2.